The van der Waals surface area contributed by atoms with Crippen LogP contribution in [0.3, 0.4) is 0 Å². The van der Waals surface area contributed by atoms with Crippen molar-refractivity contribution in [3.63, 3.8) is 0 Å². The summed E-state index contributed by atoms with van der Waals surface area (Å²) in [4.78, 5) is 0. The van der Waals surface area contributed by atoms with E-state index < -0.39 is 0 Å². The third kappa shape index (κ3) is 16.7. The summed E-state index contributed by atoms with van der Waals surface area (Å²) >= 11 is 0. The first kappa shape index (κ1) is 33.9. The molecule has 1 aliphatic carbocycles. The van der Waals surface area contributed by atoms with Gasteiger partial charge in [-0.2, -0.15) is 0 Å². The highest BCUT2D eigenvalue weighted by Crippen LogP contribution is 2.47. The van der Waals surface area contributed by atoms with Crippen LogP contribution in [0.15, 0.2) is 0 Å². The van der Waals surface area contributed by atoms with Gasteiger partial charge in [-0.3, -0.25) is 0 Å². The molecule has 0 aromatic heterocycles. The van der Waals surface area contributed by atoms with Crippen LogP contribution in [0.4, 0.5) is 0 Å². The fourth-order valence-electron chi connectivity index (χ4n) is 7.24. The Kier molecular flexibility index (Phi) is 23.8. The van der Waals surface area contributed by atoms with Crippen molar-refractivity contribution in [2.24, 2.45) is 23.7 Å². The number of unbranched alkanes of at least 4 members (excludes halogenated alkanes) is 16. The third-order valence-corrected chi connectivity index (χ3v) is 9.42. The Bertz CT molecular complexity index is 437. The quantitative estimate of drug-likeness (QED) is 0.114. The molecule has 1 saturated carbocycles. The van der Waals surface area contributed by atoms with Gasteiger partial charge in [-0.05, 0) is 62.2 Å². The van der Waals surface area contributed by atoms with E-state index in [1.165, 1.54) is 154 Å². The summed E-state index contributed by atoms with van der Waals surface area (Å²) in [5.41, 5.74) is 0. The second-order valence-electron chi connectivity index (χ2n) is 12.4. The second kappa shape index (κ2) is 25.2. The molecule has 1 aliphatic rings. The van der Waals surface area contributed by atoms with Crippen molar-refractivity contribution in [1.82, 2.24) is 0 Å². The minimum Gasteiger partial charge on any atom is -0.396 e. The molecule has 0 aromatic rings. The lowest BCUT2D eigenvalue weighted by atomic mass is 9.61. The van der Waals surface area contributed by atoms with E-state index in [4.69, 9.17) is 10.2 Å². The van der Waals surface area contributed by atoms with Crippen LogP contribution in [0.1, 0.15) is 181 Å². The van der Waals surface area contributed by atoms with Crippen LogP contribution in [-0.4, -0.2) is 23.4 Å². The molecular formula is C34H68O2. The van der Waals surface area contributed by atoms with Crippen molar-refractivity contribution in [3.05, 3.63) is 0 Å². The van der Waals surface area contributed by atoms with Gasteiger partial charge in [0.05, 0.1) is 0 Å². The minimum atomic E-state index is 0.364. The molecule has 0 bridgehead atoms. The molecule has 4 atom stereocenters. The minimum absolute atomic E-state index is 0.364. The van der Waals surface area contributed by atoms with E-state index in [1.54, 1.807) is 0 Å². The van der Waals surface area contributed by atoms with Crippen molar-refractivity contribution in [2.45, 2.75) is 181 Å². The summed E-state index contributed by atoms with van der Waals surface area (Å²) in [6.45, 7) is 5.39. The average molecular weight is 509 g/mol. The van der Waals surface area contributed by atoms with Gasteiger partial charge < -0.3 is 10.2 Å². The van der Waals surface area contributed by atoms with Crippen LogP contribution in [-0.2, 0) is 0 Å². The van der Waals surface area contributed by atoms with Crippen molar-refractivity contribution in [1.29, 1.82) is 0 Å². The first-order valence-electron chi connectivity index (χ1n) is 17.0. The van der Waals surface area contributed by atoms with E-state index in [2.05, 4.69) is 13.8 Å². The van der Waals surface area contributed by atoms with E-state index in [0.29, 0.717) is 13.2 Å². The van der Waals surface area contributed by atoms with Crippen molar-refractivity contribution < 1.29 is 10.2 Å². The van der Waals surface area contributed by atoms with E-state index in [-0.39, 0.29) is 0 Å². The Labute approximate surface area is 227 Å². The normalized spacial score (nSPS) is 22.3. The maximum atomic E-state index is 9.12. The van der Waals surface area contributed by atoms with Crippen LogP contribution in [0.25, 0.3) is 0 Å². The molecule has 1 rings (SSSR count). The van der Waals surface area contributed by atoms with E-state index in [1.807, 2.05) is 0 Å². The molecule has 216 valence electrons. The zero-order chi connectivity index (χ0) is 26.1. The SMILES string of the molecule is CCCCCCCCC1C(CCCCCC)CCC(CCCCCCCO)C1CCCCCCCO. The molecule has 0 saturated heterocycles. The Hall–Kier alpha value is -0.0800. The number of aliphatic hydroxyl groups excluding tert-OH is 2. The van der Waals surface area contributed by atoms with Gasteiger partial charge in [0.15, 0.2) is 0 Å². The molecular weight excluding hydrogens is 440 g/mol. The molecule has 0 amide bonds. The second-order valence-corrected chi connectivity index (χ2v) is 12.4. The Morgan fingerprint density at radius 2 is 0.694 bits per heavy atom. The van der Waals surface area contributed by atoms with Crippen molar-refractivity contribution in [2.75, 3.05) is 13.2 Å². The van der Waals surface area contributed by atoms with E-state index in [9.17, 15) is 0 Å². The topological polar surface area (TPSA) is 40.5 Å². The standard InChI is InChI=1S/C34H68O2/c1-3-5-7-9-13-19-25-33-31(23-17-8-6-4-2)27-28-32(24-18-12-10-15-21-29-35)34(33)26-20-14-11-16-22-30-36/h31-36H,3-30H2,1-2H3. The number of aliphatic hydroxyl groups is 2. The summed E-state index contributed by atoms with van der Waals surface area (Å²) in [6, 6.07) is 0. The molecule has 2 heteroatoms. The summed E-state index contributed by atoms with van der Waals surface area (Å²) in [6.07, 6.45) is 35.8. The summed E-state index contributed by atoms with van der Waals surface area (Å²) in [5.74, 6) is 3.93. The van der Waals surface area contributed by atoms with Crippen LogP contribution in [0.2, 0.25) is 0 Å². The first-order valence-corrected chi connectivity index (χ1v) is 17.0. The monoisotopic (exact) mass is 509 g/mol. The van der Waals surface area contributed by atoms with Gasteiger partial charge >= 0.3 is 0 Å². The van der Waals surface area contributed by atoms with Crippen molar-refractivity contribution >= 4 is 0 Å². The molecule has 4 unspecified atom stereocenters. The summed E-state index contributed by atoms with van der Waals surface area (Å²) in [7, 11) is 0. The van der Waals surface area contributed by atoms with Gasteiger partial charge in [0.2, 0.25) is 0 Å². The van der Waals surface area contributed by atoms with Gasteiger partial charge in [0.25, 0.3) is 0 Å². The molecule has 0 aromatic carbocycles. The maximum absolute atomic E-state index is 9.12. The van der Waals surface area contributed by atoms with Crippen LogP contribution < -0.4 is 0 Å². The summed E-state index contributed by atoms with van der Waals surface area (Å²) < 4.78 is 0. The van der Waals surface area contributed by atoms with Crippen LogP contribution in [0, 0.1) is 23.7 Å². The Balaban J connectivity index is 2.71. The highest BCUT2D eigenvalue weighted by molar-refractivity contribution is 4.88. The fraction of sp³-hybridized carbons (Fsp3) is 1.00. The number of hydrogen-bond donors (Lipinski definition) is 2. The fourth-order valence-corrected chi connectivity index (χ4v) is 7.24. The van der Waals surface area contributed by atoms with E-state index in [0.717, 1.165) is 36.5 Å². The predicted molar refractivity (Wildman–Crippen MR) is 160 cm³/mol. The van der Waals surface area contributed by atoms with Gasteiger partial charge in [-0.25, -0.2) is 0 Å². The largest absolute Gasteiger partial charge is 0.396 e. The highest BCUT2D eigenvalue weighted by atomic mass is 16.3. The number of hydrogen-bond acceptors (Lipinski definition) is 2. The lowest BCUT2D eigenvalue weighted by Crippen LogP contribution is -2.35. The third-order valence-electron chi connectivity index (χ3n) is 9.42. The zero-order valence-electron chi connectivity index (χ0n) is 25.0. The van der Waals surface area contributed by atoms with Gasteiger partial charge in [0, 0.05) is 13.2 Å². The van der Waals surface area contributed by atoms with Gasteiger partial charge in [-0.1, -0.05) is 142 Å². The smallest absolute Gasteiger partial charge is 0.0431 e. The molecule has 0 heterocycles. The molecule has 0 spiro atoms. The molecule has 0 aliphatic heterocycles. The summed E-state index contributed by atoms with van der Waals surface area (Å²) in [5, 5.41) is 18.2. The van der Waals surface area contributed by atoms with Crippen LogP contribution in [0.5, 0.6) is 0 Å². The van der Waals surface area contributed by atoms with Gasteiger partial charge in [0.1, 0.15) is 0 Å². The Morgan fingerprint density at radius 1 is 0.389 bits per heavy atom. The first-order chi connectivity index (χ1) is 17.8. The molecule has 36 heavy (non-hydrogen) atoms. The Morgan fingerprint density at radius 3 is 1.08 bits per heavy atom. The maximum Gasteiger partial charge on any atom is 0.0431 e. The molecule has 0 radical (unpaired) electrons. The zero-order valence-corrected chi connectivity index (χ0v) is 25.0. The molecule has 2 nitrogen and oxygen atoms in total. The lowest BCUT2D eigenvalue weighted by Gasteiger charge is -2.44. The lowest BCUT2D eigenvalue weighted by molar-refractivity contribution is 0.0581. The average Bonchev–Trinajstić information content (AvgIpc) is 2.89. The van der Waals surface area contributed by atoms with Crippen LogP contribution >= 0.6 is 0 Å². The number of rotatable bonds is 26. The highest BCUT2D eigenvalue weighted by Gasteiger charge is 2.37. The molecule has 1 fully saturated rings. The van der Waals surface area contributed by atoms with Crippen molar-refractivity contribution in [3.8, 4) is 0 Å². The molecule has 2 N–H and O–H groups in total. The van der Waals surface area contributed by atoms with E-state index >= 15 is 0 Å². The van der Waals surface area contributed by atoms with Gasteiger partial charge in [-0.15, -0.1) is 0 Å². The predicted octanol–water partition coefficient (Wildman–Crippen LogP) is 10.6.